The number of fused-ring (bicyclic) bond motifs is 1. The number of aromatic hydroxyl groups is 1. The first kappa shape index (κ1) is 18.9. The Morgan fingerprint density at radius 1 is 0.828 bits per heavy atom. The van der Waals surface area contributed by atoms with Crippen molar-refractivity contribution in [2.45, 2.75) is 33.7 Å². The van der Waals surface area contributed by atoms with Gasteiger partial charge in [-0.1, -0.05) is 35.9 Å². The van der Waals surface area contributed by atoms with E-state index in [1.165, 1.54) is 16.7 Å². The Labute approximate surface area is 171 Å². The second-order valence-corrected chi connectivity index (χ2v) is 7.69. The van der Waals surface area contributed by atoms with Gasteiger partial charge < -0.3 is 10.4 Å². The van der Waals surface area contributed by atoms with Crippen molar-refractivity contribution in [1.82, 2.24) is 9.97 Å². The number of rotatable bonds is 4. The Hall–Kier alpha value is -3.40. The minimum atomic E-state index is -0.253. The molecule has 0 radical (unpaired) electrons. The molecule has 0 aliphatic carbocycles. The summed E-state index contributed by atoms with van der Waals surface area (Å²) in [6.07, 6.45) is 3.50. The van der Waals surface area contributed by atoms with Crippen LogP contribution in [0.3, 0.4) is 0 Å². The summed E-state index contributed by atoms with van der Waals surface area (Å²) >= 11 is 0. The summed E-state index contributed by atoms with van der Waals surface area (Å²) < 4.78 is 0. The maximum Gasteiger partial charge on any atom is 0.147 e. The van der Waals surface area contributed by atoms with Gasteiger partial charge in [0.2, 0.25) is 0 Å². The molecule has 1 atom stereocenters. The van der Waals surface area contributed by atoms with Gasteiger partial charge in [-0.2, -0.15) is 0 Å². The van der Waals surface area contributed by atoms with Crippen molar-refractivity contribution in [2.24, 2.45) is 0 Å². The second-order valence-electron chi connectivity index (χ2n) is 7.69. The summed E-state index contributed by atoms with van der Waals surface area (Å²) in [5, 5.41) is 15.6. The fraction of sp³-hybridized carbons (Fsp3) is 0.200. The molecule has 4 aromatic rings. The van der Waals surface area contributed by atoms with Crippen molar-refractivity contribution in [3.63, 3.8) is 0 Å². The van der Waals surface area contributed by atoms with Gasteiger partial charge in [-0.25, -0.2) is 4.98 Å². The van der Waals surface area contributed by atoms with E-state index in [-0.39, 0.29) is 11.8 Å². The number of anilines is 1. The van der Waals surface area contributed by atoms with Crippen LogP contribution < -0.4 is 5.32 Å². The summed E-state index contributed by atoms with van der Waals surface area (Å²) in [5.41, 5.74) is 7.24. The van der Waals surface area contributed by atoms with Crippen LogP contribution in [0.4, 0.5) is 5.82 Å². The van der Waals surface area contributed by atoms with Crippen molar-refractivity contribution in [3.8, 4) is 5.75 Å². The second kappa shape index (κ2) is 7.55. The van der Waals surface area contributed by atoms with Crippen molar-refractivity contribution in [3.05, 3.63) is 94.3 Å². The fourth-order valence-electron chi connectivity index (χ4n) is 4.09. The molecule has 4 nitrogen and oxygen atoms in total. The fourth-order valence-corrected chi connectivity index (χ4v) is 4.09. The van der Waals surface area contributed by atoms with Crippen molar-refractivity contribution in [1.29, 1.82) is 0 Å². The van der Waals surface area contributed by atoms with E-state index in [1.807, 2.05) is 43.3 Å². The van der Waals surface area contributed by atoms with Gasteiger partial charge in [0.15, 0.2) is 0 Å². The van der Waals surface area contributed by atoms with Gasteiger partial charge in [-0.15, -0.1) is 0 Å². The summed E-state index contributed by atoms with van der Waals surface area (Å²) in [6, 6.07) is 15.9. The van der Waals surface area contributed by atoms with Gasteiger partial charge >= 0.3 is 0 Å². The lowest BCUT2D eigenvalue weighted by Crippen LogP contribution is -2.16. The third-order valence-electron chi connectivity index (χ3n) is 5.32. The third kappa shape index (κ3) is 3.66. The molecule has 29 heavy (non-hydrogen) atoms. The van der Waals surface area contributed by atoms with E-state index < -0.39 is 0 Å². The Morgan fingerprint density at radius 2 is 1.59 bits per heavy atom. The lowest BCUT2D eigenvalue weighted by atomic mass is 9.89. The zero-order valence-corrected chi connectivity index (χ0v) is 17.2. The van der Waals surface area contributed by atoms with Gasteiger partial charge in [0.25, 0.3) is 0 Å². The number of phenols is 1. The highest BCUT2D eigenvalue weighted by Crippen LogP contribution is 2.38. The number of nitrogens with zero attached hydrogens (tertiary/aromatic N) is 2. The van der Waals surface area contributed by atoms with Crippen LogP contribution in [0.5, 0.6) is 5.75 Å². The molecule has 0 saturated carbocycles. The number of aryl methyl sites for hydroxylation is 4. The number of nitrogens with one attached hydrogen (secondary N) is 1. The van der Waals surface area contributed by atoms with Crippen LogP contribution in [0, 0.1) is 27.7 Å². The summed E-state index contributed by atoms with van der Waals surface area (Å²) in [6.45, 7) is 8.38. The molecular weight excluding hydrogens is 358 g/mol. The van der Waals surface area contributed by atoms with E-state index >= 15 is 0 Å². The highest BCUT2D eigenvalue weighted by molar-refractivity contribution is 5.86. The van der Waals surface area contributed by atoms with Crippen LogP contribution >= 0.6 is 0 Å². The molecule has 0 saturated heterocycles. The quantitative estimate of drug-likeness (QED) is 0.470. The molecule has 2 N–H and O–H groups in total. The maximum absolute atomic E-state index is 11.1. The maximum atomic E-state index is 11.1. The van der Waals surface area contributed by atoms with Crippen molar-refractivity contribution >= 4 is 16.7 Å². The molecule has 4 heteroatoms. The number of aromatic nitrogens is 2. The van der Waals surface area contributed by atoms with Gasteiger partial charge in [0.1, 0.15) is 17.1 Å². The molecule has 2 aromatic carbocycles. The molecule has 4 rings (SSSR count). The van der Waals surface area contributed by atoms with Gasteiger partial charge in [0, 0.05) is 23.3 Å². The zero-order chi connectivity index (χ0) is 20.5. The Kier molecular flexibility index (Phi) is 4.93. The van der Waals surface area contributed by atoms with E-state index in [4.69, 9.17) is 0 Å². The minimum absolute atomic E-state index is 0.202. The van der Waals surface area contributed by atoms with E-state index in [0.29, 0.717) is 5.52 Å². The third-order valence-corrected chi connectivity index (χ3v) is 5.32. The largest absolute Gasteiger partial charge is 0.505 e. The summed E-state index contributed by atoms with van der Waals surface area (Å²) in [4.78, 5) is 8.90. The van der Waals surface area contributed by atoms with Gasteiger partial charge in [-0.3, -0.25) is 4.98 Å². The lowest BCUT2D eigenvalue weighted by Gasteiger charge is -2.25. The molecule has 0 aliphatic heterocycles. The number of pyridine rings is 2. The van der Waals surface area contributed by atoms with E-state index in [2.05, 4.69) is 48.2 Å². The molecule has 0 aliphatic rings. The standard InChI is InChI=1S/C25H25N3O/c1-15-9-11-26-21(14-15)28-24(22-17(3)12-16(2)13-18(22)4)20-8-7-19-6-5-10-27-23(19)25(20)29/h5-14,24,29H,1-4H3,(H,26,28)/t24-/m0/s1. The average molecular weight is 383 g/mol. The molecule has 0 amide bonds. The van der Waals surface area contributed by atoms with E-state index in [9.17, 15) is 5.11 Å². The summed E-state index contributed by atoms with van der Waals surface area (Å²) in [7, 11) is 0. The number of hydrogen-bond donors (Lipinski definition) is 2. The van der Waals surface area contributed by atoms with Crippen molar-refractivity contribution in [2.75, 3.05) is 5.32 Å². The molecule has 2 aromatic heterocycles. The number of phenolic OH excluding ortho intramolecular Hbond substituents is 1. The smallest absolute Gasteiger partial charge is 0.147 e. The monoisotopic (exact) mass is 383 g/mol. The van der Waals surface area contributed by atoms with Crippen LogP contribution in [-0.2, 0) is 0 Å². The number of benzene rings is 2. The van der Waals surface area contributed by atoms with Gasteiger partial charge in [-0.05, 0) is 68.1 Å². The van der Waals surface area contributed by atoms with E-state index in [1.54, 1.807) is 12.4 Å². The first-order valence-electron chi connectivity index (χ1n) is 9.77. The predicted octanol–water partition coefficient (Wildman–Crippen LogP) is 5.77. The first-order valence-corrected chi connectivity index (χ1v) is 9.77. The Bertz CT molecular complexity index is 1180. The van der Waals surface area contributed by atoms with Gasteiger partial charge in [0.05, 0.1) is 6.04 Å². The number of hydrogen-bond acceptors (Lipinski definition) is 4. The molecule has 0 bridgehead atoms. The van der Waals surface area contributed by atoms with Crippen LogP contribution in [0.15, 0.2) is 60.9 Å². The highest BCUT2D eigenvalue weighted by atomic mass is 16.3. The minimum Gasteiger partial charge on any atom is -0.505 e. The highest BCUT2D eigenvalue weighted by Gasteiger charge is 2.23. The summed E-state index contributed by atoms with van der Waals surface area (Å²) in [5.74, 6) is 0.975. The van der Waals surface area contributed by atoms with Crippen LogP contribution in [0.1, 0.15) is 39.4 Å². The Balaban J connectivity index is 1.93. The van der Waals surface area contributed by atoms with E-state index in [0.717, 1.165) is 27.9 Å². The zero-order valence-electron chi connectivity index (χ0n) is 17.2. The lowest BCUT2D eigenvalue weighted by molar-refractivity contribution is 0.471. The molecule has 2 heterocycles. The first-order chi connectivity index (χ1) is 13.9. The molecule has 0 unspecified atom stereocenters. The molecule has 146 valence electrons. The van der Waals surface area contributed by atoms with Crippen LogP contribution in [-0.4, -0.2) is 15.1 Å². The average Bonchev–Trinajstić information content (AvgIpc) is 2.67. The molecule has 0 fully saturated rings. The molecular formula is C25H25N3O. The van der Waals surface area contributed by atoms with Crippen molar-refractivity contribution < 1.29 is 5.11 Å². The topological polar surface area (TPSA) is 58.0 Å². The normalized spacial score (nSPS) is 12.1. The predicted molar refractivity (Wildman–Crippen MR) is 119 cm³/mol. The van der Waals surface area contributed by atoms with Crippen LogP contribution in [0.25, 0.3) is 10.9 Å². The van der Waals surface area contributed by atoms with Crippen LogP contribution in [0.2, 0.25) is 0 Å². The SMILES string of the molecule is Cc1ccnc(N[C@@H](c2ccc3cccnc3c2O)c2c(C)cc(C)cc2C)c1. The molecule has 0 spiro atoms. The Morgan fingerprint density at radius 3 is 2.31 bits per heavy atom.